The molecule has 2 heteroatoms. The lowest BCUT2D eigenvalue weighted by molar-refractivity contribution is 1.14. The second-order valence-corrected chi connectivity index (χ2v) is 3.44. The van der Waals surface area contributed by atoms with Gasteiger partial charge in [-0.25, -0.2) is 9.97 Å². The number of rotatable bonds is 0. The Bertz CT molecular complexity index is 461. The molecule has 2 aromatic rings. The van der Waals surface area contributed by atoms with E-state index < -0.39 is 0 Å². The minimum absolute atomic E-state index is 1.05. The number of benzene rings is 1. The molecular formula is C11H12N2. The van der Waals surface area contributed by atoms with Gasteiger partial charge in [-0.15, -0.1) is 0 Å². The Morgan fingerprint density at radius 3 is 2.54 bits per heavy atom. The third-order valence-electron chi connectivity index (χ3n) is 2.27. The van der Waals surface area contributed by atoms with E-state index in [4.69, 9.17) is 0 Å². The molecule has 1 heterocycles. The highest BCUT2D eigenvalue weighted by atomic mass is 14.8. The number of hydrogen-bond donors (Lipinski definition) is 0. The Morgan fingerprint density at radius 1 is 1.00 bits per heavy atom. The van der Waals surface area contributed by atoms with Crippen molar-refractivity contribution >= 4 is 10.9 Å². The standard InChI is InChI=1S/C11H12N2/c1-7-4-8(2)11-10(5-7)9(3)12-6-13-11/h4-6H,1-3H3. The zero-order valence-corrected chi connectivity index (χ0v) is 8.13. The predicted molar refractivity (Wildman–Crippen MR) is 53.7 cm³/mol. The quantitative estimate of drug-likeness (QED) is 0.610. The molecule has 0 saturated carbocycles. The van der Waals surface area contributed by atoms with Crippen LogP contribution in [0.2, 0.25) is 0 Å². The number of aryl methyl sites for hydroxylation is 3. The summed E-state index contributed by atoms with van der Waals surface area (Å²) in [5.41, 5.74) is 4.61. The van der Waals surface area contributed by atoms with Gasteiger partial charge < -0.3 is 0 Å². The third kappa shape index (κ3) is 1.28. The molecule has 0 aliphatic rings. The second-order valence-electron chi connectivity index (χ2n) is 3.44. The van der Waals surface area contributed by atoms with Crippen LogP contribution in [0.15, 0.2) is 18.5 Å². The molecule has 1 aromatic heterocycles. The van der Waals surface area contributed by atoms with Crippen LogP contribution in [0.1, 0.15) is 16.8 Å². The maximum atomic E-state index is 4.27. The van der Waals surface area contributed by atoms with E-state index >= 15 is 0 Å². The summed E-state index contributed by atoms with van der Waals surface area (Å²) in [6.45, 7) is 6.20. The fourth-order valence-electron chi connectivity index (χ4n) is 1.65. The lowest BCUT2D eigenvalue weighted by Crippen LogP contribution is -1.90. The molecule has 0 N–H and O–H groups in total. The normalized spacial score (nSPS) is 10.7. The van der Waals surface area contributed by atoms with Crippen molar-refractivity contribution in [3.8, 4) is 0 Å². The summed E-state index contributed by atoms with van der Waals surface area (Å²) in [6.07, 6.45) is 1.62. The average molecular weight is 172 g/mol. The summed E-state index contributed by atoms with van der Waals surface area (Å²) in [4.78, 5) is 8.45. The van der Waals surface area contributed by atoms with Crippen molar-refractivity contribution in [1.29, 1.82) is 0 Å². The monoisotopic (exact) mass is 172 g/mol. The number of aromatic nitrogens is 2. The molecule has 13 heavy (non-hydrogen) atoms. The van der Waals surface area contributed by atoms with Gasteiger partial charge in [-0.2, -0.15) is 0 Å². The molecule has 0 atom stereocenters. The van der Waals surface area contributed by atoms with E-state index in [1.165, 1.54) is 16.5 Å². The van der Waals surface area contributed by atoms with E-state index in [-0.39, 0.29) is 0 Å². The van der Waals surface area contributed by atoms with E-state index in [2.05, 4.69) is 35.9 Å². The van der Waals surface area contributed by atoms with Gasteiger partial charge >= 0.3 is 0 Å². The fraction of sp³-hybridized carbons (Fsp3) is 0.273. The summed E-state index contributed by atoms with van der Waals surface area (Å²) in [5, 5.41) is 1.17. The summed E-state index contributed by atoms with van der Waals surface area (Å²) in [6, 6.07) is 4.28. The molecule has 0 saturated heterocycles. The van der Waals surface area contributed by atoms with Crippen LogP contribution in [0.3, 0.4) is 0 Å². The lowest BCUT2D eigenvalue weighted by Gasteiger charge is -2.04. The number of fused-ring (bicyclic) bond motifs is 1. The minimum atomic E-state index is 1.05. The van der Waals surface area contributed by atoms with Crippen LogP contribution in [-0.2, 0) is 0 Å². The molecule has 1 aromatic carbocycles. The van der Waals surface area contributed by atoms with Gasteiger partial charge in [-0.05, 0) is 32.4 Å². The van der Waals surface area contributed by atoms with Gasteiger partial charge in [0.25, 0.3) is 0 Å². The Labute approximate surface area is 77.6 Å². The van der Waals surface area contributed by atoms with Crippen LogP contribution in [0.5, 0.6) is 0 Å². The smallest absolute Gasteiger partial charge is 0.116 e. The van der Waals surface area contributed by atoms with Gasteiger partial charge in [0, 0.05) is 11.1 Å². The molecular weight excluding hydrogens is 160 g/mol. The van der Waals surface area contributed by atoms with Crippen molar-refractivity contribution in [3.05, 3.63) is 35.3 Å². The second kappa shape index (κ2) is 2.80. The molecule has 0 aliphatic heterocycles. The SMILES string of the molecule is Cc1cc(C)c2ncnc(C)c2c1. The largest absolute Gasteiger partial charge is 0.241 e. The fourth-order valence-corrected chi connectivity index (χ4v) is 1.65. The zero-order chi connectivity index (χ0) is 9.42. The van der Waals surface area contributed by atoms with Gasteiger partial charge in [0.1, 0.15) is 6.33 Å². The van der Waals surface area contributed by atoms with Crippen molar-refractivity contribution in [2.24, 2.45) is 0 Å². The van der Waals surface area contributed by atoms with Crippen LogP contribution >= 0.6 is 0 Å². The maximum absolute atomic E-state index is 4.27. The van der Waals surface area contributed by atoms with Crippen molar-refractivity contribution in [1.82, 2.24) is 9.97 Å². The maximum Gasteiger partial charge on any atom is 0.116 e. The molecule has 0 spiro atoms. The Balaban J connectivity index is 2.94. The molecule has 0 amide bonds. The molecule has 0 fully saturated rings. The van der Waals surface area contributed by atoms with Crippen LogP contribution in [0.4, 0.5) is 0 Å². The Kier molecular flexibility index (Phi) is 1.76. The van der Waals surface area contributed by atoms with E-state index in [9.17, 15) is 0 Å². The van der Waals surface area contributed by atoms with Crippen LogP contribution in [-0.4, -0.2) is 9.97 Å². The average Bonchev–Trinajstić information content (AvgIpc) is 2.07. The molecule has 66 valence electrons. The molecule has 0 bridgehead atoms. The molecule has 0 unspecified atom stereocenters. The highest BCUT2D eigenvalue weighted by Crippen LogP contribution is 2.19. The number of hydrogen-bond acceptors (Lipinski definition) is 2. The predicted octanol–water partition coefficient (Wildman–Crippen LogP) is 2.56. The Morgan fingerprint density at radius 2 is 1.77 bits per heavy atom. The van der Waals surface area contributed by atoms with Crippen LogP contribution in [0, 0.1) is 20.8 Å². The van der Waals surface area contributed by atoms with Gasteiger partial charge in [0.15, 0.2) is 0 Å². The van der Waals surface area contributed by atoms with Gasteiger partial charge in [0.05, 0.1) is 5.52 Å². The first-order chi connectivity index (χ1) is 6.18. The highest BCUT2D eigenvalue weighted by Gasteiger charge is 2.02. The van der Waals surface area contributed by atoms with Gasteiger partial charge in [0.2, 0.25) is 0 Å². The summed E-state index contributed by atoms with van der Waals surface area (Å²) < 4.78 is 0. The van der Waals surface area contributed by atoms with Gasteiger partial charge in [-0.1, -0.05) is 11.6 Å². The zero-order valence-electron chi connectivity index (χ0n) is 8.13. The first-order valence-electron chi connectivity index (χ1n) is 4.37. The lowest BCUT2D eigenvalue weighted by atomic mass is 10.1. The van der Waals surface area contributed by atoms with Crippen molar-refractivity contribution in [2.45, 2.75) is 20.8 Å². The third-order valence-corrected chi connectivity index (χ3v) is 2.27. The topological polar surface area (TPSA) is 25.8 Å². The number of nitrogens with zero attached hydrogens (tertiary/aromatic N) is 2. The van der Waals surface area contributed by atoms with E-state index in [1.807, 2.05) is 6.92 Å². The first kappa shape index (κ1) is 8.17. The minimum Gasteiger partial charge on any atom is -0.241 e. The first-order valence-corrected chi connectivity index (χ1v) is 4.37. The van der Waals surface area contributed by atoms with Crippen molar-refractivity contribution < 1.29 is 0 Å². The molecule has 0 aliphatic carbocycles. The van der Waals surface area contributed by atoms with E-state index in [0.29, 0.717) is 0 Å². The Hall–Kier alpha value is -1.44. The molecule has 2 rings (SSSR count). The van der Waals surface area contributed by atoms with E-state index in [0.717, 1.165) is 11.2 Å². The summed E-state index contributed by atoms with van der Waals surface area (Å²) in [7, 11) is 0. The summed E-state index contributed by atoms with van der Waals surface area (Å²) >= 11 is 0. The summed E-state index contributed by atoms with van der Waals surface area (Å²) in [5.74, 6) is 0. The van der Waals surface area contributed by atoms with Crippen LogP contribution < -0.4 is 0 Å². The van der Waals surface area contributed by atoms with Crippen molar-refractivity contribution in [2.75, 3.05) is 0 Å². The molecule has 0 radical (unpaired) electrons. The van der Waals surface area contributed by atoms with Crippen LogP contribution in [0.25, 0.3) is 10.9 Å². The van der Waals surface area contributed by atoms with Crippen molar-refractivity contribution in [3.63, 3.8) is 0 Å². The molecule has 2 nitrogen and oxygen atoms in total. The highest BCUT2D eigenvalue weighted by molar-refractivity contribution is 5.84. The van der Waals surface area contributed by atoms with E-state index in [1.54, 1.807) is 6.33 Å². The van der Waals surface area contributed by atoms with Gasteiger partial charge in [-0.3, -0.25) is 0 Å².